The average Bonchev–Trinajstić information content (AvgIpc) is 3.27. The monoisotopic (exact) mass is 379 g/mol. The summed E-state index contributed by atoms with van der Waals surface area (Å²) in [5.41, 5.74) is 1.11. The van der Waals surface area contributed by atoms with Crippen molar-refractivity contribution in [2.45, 2.75) is 31.7 Å². The van der Waals surface area contributed by atoms with Gasteiger partial charge in [-0.05, 0) is 37.1 Å². The van der Waals surface area contributed by atoms with Gasteiger partial charge in [-0.25, -0.2) is 9.97 Å². The number of piperazine rings is 1. The summed E-state index contributed by atoms with van der Waals surface area (Å²) >= 11 is 0. The summed E-state index contributed by atoms with van der Waals surface area (Å²) in [6.45, 7) is 2.60. The molecule has 0 bridgehead atoms. The van der Waals surface area contributed by atoms with Crippen LogP contribution in [0.5, 0.6) is 0 Å². The lowest BCUT2D eigenvalue weighted by Crippen LogP contribution is -2.49. The Bertz CT molecular complexity index is 828. The van der Waals surface area contributed by atoms with Crippen molar-refractivity contribution in [2.24, 2.45) is 0 Å². The van der Waals surface area contributed by atoms with Gasteiger partial charge in [0, 0.05) is 55.7 Å². The normalized spacial score (nSPS) is 17.6. The Kier molecular flexibility index (Phi) is 5.50. The highest BCUT2D eigenvalue weighted by molar-refractivity contribution is 5.99. The van der Waals surface area contributed by atoms with E-state index in [2.05, 4.69) is 20.2 Å². The molecule has 0 unspecified atom stereocenters. The maximum absolute atomic E-state index is 12.9. The quantitative estimate of drug-likeness (QED) is 0.880. The fourth-order valence-electron chi connectivity index (χ4n) is 3.88. The first-order chi connectivity index (χ1) is 13.7. The molecule has 1 saturated carbocycles. The second kappa shape index (κ2) is 8.37. The highest BCUT2D eigenvalue weighted by Crippen LogP contribution is 2.19. The van der Waals surface area contributed by atoms with Gasteiger partial charge in [0.1, 0.15) is 0 Å². The number of aromatic nitrogens is 2. The molecule has 1 aromatic heterocycles. The number of hydrogen-bond donors (Lipinski definition) is 1. The van der Waals surface area contributed by atoms with Crippen LogP contribution in [0.25, 0.3) is 0 Å². The summed E-state index contributed by atoms with van der Waals surface area (Å²) in [7, 11) is 0. The van der Waals surface area contributed by atoms with Crippen molar-refractivity contribution in [3.63, 3.8) is 0 Å². The van der Waals surface area contributed by atoms with Crippen LogP contribution in [0, 0.1) is 0 Å². The minimum Gasteiger partial charge on any atom is -0.349 e. The van der Waals surface area contributed by atoms with Crippen LogP contribution in [0.4, 0.5) is 5.95 Å². The largest absolute Gasteiger partial charge is 0.349 e. The molecule has 7 heteroatoms. The second-order valence-corrected chi connectivity index (χ2v) is 7.36. The summed E-state index contributed by atoms with van der Waals surface area (Å²) in [4.78, 5) is 37.8. The Morgan fingerprint density at radius 3 is 2.32 bits per heavy atom. The van der Waals surface area contributed by atoms with Crippen molar-refractivity contribution in [1.82, 2.24) is 20.2 Å². The van der Waals surface area contributed by atoms with Crippen molar-refractivity contribution in [1.29, 1.82) is 0 Å². The molecule has 1 aliphatic carbocycles. The van der Waals surface area contributed by atoms with E-state index in [9.17, 15) is 9.59 Å². The minimum absolute atomic E-state index is 0.0378. The van der Waals surface area contributed by atoms with Gasteiger partial charge in [-0.2, -0.15) is 0 Å². The van der Waals surface area contributed by atoms with Gasteiger partial charge in [-0.15, -0.1) is 0 Å². The Hall–Kier alpha value is -2.96. The number of amides is 2. The van der Waals surface area contributed by atoms with Gasteiger partial charge < -0.3 is 15.1 Å². The van der Waals surface area contributed by atoms with Crippen LogP contribution < -0.4 is 10.2 Å². The molecule has 2 amide bonds. The van der Waals surface area contributed by atoms with Crippen molar-refractivity contribution < 1.29 is 9.59 Å². The SMILES string of the molecule is O=C(NC1CCCC1)c1cccc(C(=O)N2CCN(c3ncccn3)CC2)c1. The molecule has 1 aliphatic heterocycles. The van der Waals surface area contributed by atoms with Crippen LogP contribution in [0.2, 0.25) is 0 Å². The first-order valence-corrected chi connectivity index (χ1v) is 9.93. The number of nitrogens with one attached hydrogen (secondary N) is 1. The molecule has 7 nitrogen and oxygen atoms in total. The van der Waals surface area contributed by atoms with E-state index in [1.807, 2.05) is 4.90 Å². The van der Waals surface area contributed by atoms with Crippen LogP contribution in [0.1, 0.15) is 46.4 Å². The average molecular weight is 379 g/mol. The maximum Gasteiger partial charge on any atom is 0.253 e. The van der Waals surface area contributed by atoms with Crippen LogP contribution in [0.15, 0.2) is 42.7 Å². The third-order valence-corrected chi connectivity index (χ3v) is 5.46. The van der Waals surface area contributed by atoms with Gasteiger partial charge in [0.2, 0.25) is 5.95 Å². The summed E-state index contributed by atoms with van der Waals surface area (Å²) in [5.74, 6) is 0.567. The molecule has 2 aliphatic rings. The molecule has 2 fully saturated rings. The van der Waals surface area contributed by atoms with Crippen LogP contribution in [0.3, 0.4) is 0 Å². The van der Waals surface area contributed by atoms with Crippen molar-refractivity contribution in [3.05, 3.63) is 53.9 Å². The van der Waals surface area contributed by atoms with Crippen LogP contribution in [-0.4, -0.2) is 58.9 Å². The summed E-state index contributed by atoms with van der Waals surface area (Å²) < 4.78 is 0. The third kappa shape index (κ3) is 4.13. The van der Waals surface area contributed by atoms with E-state index in [1.54, 1.807) is 42.7 Å². The zero-order valence-corrected chi connectivity index (χ0v) is 15.9. The molecule has 146 valence electrons. The van der Waals surface area contributed by atoms with Crippen LogP contribution >= 0.6 is 0 Å². The zero-order chi connectivity index (χ0) is 19.3. The molecule has 28 heavy (non-hydrogen) atoms. The van der Waals surface area contributed by atoms with E-state index in [4.69, 9.17) is 0 Å². The minimum atomic E-state index is -0.0902. The number of carbonyl (C=O) groups excluding carboxylic acids is 2. The van der Waals surface area contributed by atoms with E-state index >= 15 is 0 Å². The topological polar surface area (TPSA) is 78.4 Å². The molecule has 2 aromatic rings. The molecule has 1 N–H and O–H groups in total. The summed E-state index contributed by atoms with van der Waals surface area (Å²) in [6, 6.07) is 9.09. The number of nitrogens with zero attached hydrogens (tertiary/aromatic N) is 4. The Labute approximate surface area is 164 Å². The molecule has 0 atom stereocenters. The van der Waals surface area contributed by atoms with Gasteiger partial charge in [-0.1, -0.05) is 18.9 Å². The fraction of sp³-hybridized carbons (Fsp3) is 0.429. The van der Waals surface area contributed by atoms with Crippen molar-refractivity contribution in [2.75, 3.05) is 31.1 Å². The number of carbonyl (C=O) groups is 2. The molecule has 0 spiro atoms. The Morgan fingerprint density at radius 1 is 0.929 bits per heavy atom. The van der Waals surface area contributed by atoms with Crippen molar-refractivity contribution in [3.8, 4) is 0 Å². The highest BCUT2D eigenvalue weighted by Gasteiger charge is 2.24. The first kappa shape index (κ1) is 18.4. The molecule has 1 aromatic carbocycles. The predicted octanol–water partition coefficient (Wildman–Crippen LogP) is 2.11. The first-order valence-electron chi connectivity index (χ1n) is 9.93. The summed E-state index contributed by atoms with van der Waals surface area (Å²) in [5, 5.41) is 3.08. The number of rotatable bonds is 4. The van der Waals surface area contributed by atoms with Gasteiger partial charge in [0.15, 0.2) is 0 Å². The van der Waals surface area contributed by atoms with Gasteiger partial charge in [0.25, 0.3) is 11.8 Å². The number of benzene rings is 1. The van der Waals surface area contributed by atoms with Crippen LogP contribution in [-0.2, 0) is 0 Å². The van der Waals surface area contributed by atoms with Gasteiger partial charge in [0.05, 0.1) is 0 Å². The Morgan fingerprint density at radius 2 is 1.61 bits per heavy atom. The number of hydrogen-bond acceptors (Lipinski definition) is 5. The highest BCUT2D eigenvalue weighted by atomic mass is 16.2. The standard InChI is InChI=1S/C21H25N5O2/c27-19(24-18-7-1-2-8-18)16-5-3-6-17(15-16)20(28)25-11-13-26(14-12-25)21-22-9-4-10-23-21/h3-6,9-10,15,18H,1-2,7-8,11-14H2,(H,24,27). The molecular weight excluding hydrogens is 354 g/mol. The fourth-order valence-corrected chi connectivity index (χ4v) is 3.88. The summed E-state index contributed by atoms with van der Waals surface area (Å²) in [6.07, 6.45) is 7.87. The third-order valence-electron chi connectivity index (χ3n) is 5.46. The Balaban J connectivity index is 1.38. The van der Waals surface area contributed by atoms with E-state index < -0.39 is 0 Å². The van der Waals surface area contributed by atoms with E-state index in [0.717, 1.165) is 12.8 Å². The maximum atomic E-state index is 12.9. The van der Waals surface area contributed by atoms with E-state index in [1.165, 1.54) is 12.8 Å². The van der Waals surface area contributed by atoms with E-state index in [-0.39, 0.29) is 17.9 Å². The predicted molar refractivity (Wildman–Crippen MR) is 106 cm³/mol. The zero-order valence-electron chi connectivity index (χ0n) is 15.9. The van der Waals surface area contributed by atoms with Gasteiger partial charge >= 0.3 is 0 Å². The lowest BCUT2D eigenvalue weighted by molar-refractivity contribution is 0.0746. The molecule has 1 saturated heterocycles. The lowest BCUT2D eigenvalue weighted by Gasteiger charge is -2.34. The van der Waals surface area contributed by atoms with Gasteiger partial charge in [-0.3, -0.25) is 9.59 Å². The molecule has 0 radical (unpaired) electrons. The van der Waals surface area contributed by atoms with Crippen molar-refractivity contribution >= 4 is 17.8 Å². The number of anilines is 1. The smallest absolute Gasteiger partial charge is 0.253 e. The molecule has 4 rings (SSSR count). The second-order valence-electron chi connectivity index (χ2n) is 7.36. The molecule has 2 heterocycles. The molecular formula is C21H25N5O2. The van der Waals surface area contributed by atoms with E-state index in [0.29, 0.717) is 43.3 Å². The lowest BCUT2D eigenvalue weighted by atomic mass is 10.1.